The van der Waals surface area contributed by atoms with Crippen LogP contribution in [-0.2, 0) is 14.4 Å². The summed E-state index contributed by atoms with van der Waals surface area (Å²) in [5, 5.41) is 0.960. The Morgan fingerprint density at radius 2 is 1.86 bits per heavy atom. The first-order chi connectivity index (χ1) is 6.63. The highest BCUT2D eigenvalue weighted by Crippen LogP contribution is 2.04. The minimum Gasteiger partial charge on any atom is -0.289 e. The first-order valence-corrected chi connectivity index (χ1v) is 4.98. The molecule has 0 aliphatic carbocycles. The van der Waals surface area contributed by atoms with E-state index in [9.17, 15) is 9.59 Å². The quantitative estimate of drug-likeness (QED) is 0.356. The fraction of sp³-hybridized carbons (Fsp3) is 0.800. The highest BCUT2D eigenvalue weighted by molar-refractivity contribution is 6.35. The Hall–Kier alpha value is -0.900. The molecular formula is C10H19NO3. The van der Waals surface area contributed by atoms with Gasteiger partial charge in [0, 0.05) is 13.5 Å². The van der Waals surface area contributed by atoms with E-state index in [4.69, 9.17) is 0 Å². The van der Waals surface area contributed by atoms with Gasteiger partial charge in [0.15, 0.2) is 0 Å². The van der Waals surface area contributed by atoms with E-state index in [0.29, 0.717) is 6.42 Å². The smallest absolute Gasteiger partial charge is 0.289 e. The van der Waals surface area contributed by atoms with Crippen molar-refractivity contribution in [2.24, 2.45) is 0 Å². The van der Waals surface area contributed by atoms with Crippen molar-refractivity contribution in [2.75, 3.05) is 14.2 Å². The molecule has 0 aromatic rings. The molecule has 4 nitrogen and oxygen atoms in total. The van der Waals surface area contributed by atoms with Crippen molar-refractivity contribution in [2.45, 2.75) is 39.0 Å². The maximum absolute atomic E-state index is 11.2. The molecular weight excluding hydrogens is 182 g/mol. The SMILES string of the molecule is CCCCCCC(=O)C(=O)N(C)OC. The van der Waals surface area contributed by atoms with Gasteiger partial charge in [-0.1, -0.05) is 26.2 Å². The van der Waals surface area contributed by atoms with E-state index in [1.54, 1.807) is 0 Å². The van der Waals surface area contributed by atoms with Gasteiger partial charge in [0.05, 0.1) is 7.11 Å². The second-order valence-electron chi connectivity index (χ2n) is 3.22. The number of likely N-dealkylation sites (N-methyl/N-ethyl adjacent to an activating group) is 1. The molecule has 0 fully saturated rings. The highest BCUT2D eigenvalue weighted by Gasteiger charge is 2.17. The summed E-state index contributed by atoms with van der Waals surface area (Å²) in [6.07, 6.45) is 4.36. The van der Waals surface area contributed by atoms with Crippen LogP contribution < -0.4 is 0 Å². The van der Waals surface area contributed by atoms with Crippen LogP contribution in [0.3, 0.4) is 0 Å². The van der Waals surface area contributed by atoms with Crippen LogP contribution >= 0.6 is 0 Å². The van der Waals surface area contributed by atoms with Crippen molar-refractivity contribution in [1.29, 1.82) is 0 Å². The third kappa shape index (κ3) is 4.97. The summed E-state index contributed by atoms with van der Waals surface area (Å²) in [5.74, 6) is -0.936. The molecule has 0 rings (SSSR count). The van der Waals surface area contributed by atoms with Crippen LogP contribution in [0.2, 0.25) is 0 Å². The van der Waals surface area contributed by atoms with Gasteiger partial charge in [-0.25, -0.2) is 5.06 Å². The molecule has 0 bridgehead atoms. The lowest BCUT2D eigenvalue weighted by Gasteiger charge is -2.11. The van der Waals surface area contributed by atoms with Crippen LogP contribution in [0, 0.1) is 0 Å². The molecule has 0 aliphatic rings. The van der Waals surface area contributed by atoms with Crippen molar-refractivity contribution in [3.63, 3.8) is 0 Å². The number of hydrogen-bond acceptors (Lipinski definition) is 3. The number of ketones is 1. The monoisotopic (exact) mass is 201 g/mol. The van der Waals surface area contributed by atoms with E-state index in [1.807, 2.05) is 0 Å². The third-order valence-corrected chi connectivity index (χ3v) is 2.06. The van der Waals surface area contributed by atoms with E-state index in [-0.39, 0.29) is 5.78 Å². The van der Waals surface area contributed by atoms with E-state index in [0.717, 1.165) is 30.7 Å². The molecule has 0 aromatic heterocycles. The number of hydroxylamine groups is 2. The van der Waals surface area contributed by atoms with Crippen LogP contribution in [0.15, 0.2) is 0 Å². The summed E-state index contributed by atoms with van der Waals surface area (Å²) < 4.78 is 0. The number of Topliss-reactive ketones (excluding diaryl/α,β-unsaturated/α-hetero) is 1. The minimum absolute atomic E-state index is 0.326. The maximum Gasteiger partial charge on any atom is 0.313 e. The number of hydrogen-bond donors (Lipinski definition) is 0. The summed E-state index contributed by atoms with van der Waals surface area (Å²) in [6, 6.07) is 0. The number of amides is 1. The van der Waals surface area contributed by atoms with E-state index in [1.165, 1.54) is 14.2 Å². The normalized spacial score (nSPS) is 9.93. The molecule has 0 radical (unpaired) electrons. The van der Waals surface area contributed by atoms with Crippen LogP contribution in [0.4, 0.5) is 0 Å². The predicted molar refractivity (Wildman–Crippen MR) is 53.5 cm³/mol. The largest absolute Gasteiger partial charge is 0.313 e. The fourth-order valence-corrected chi connectivity index (χ4v) is 1.08. The molecule has 82 valence electrons. The van der Waals surface area contributed by atoms with Crippen molar-refractivity contribution in [3.8, 4) is 0 Å². The molecule has 0 aliphatic heterocycles. The number of nitrogens with zero attached hydrogens (tertiary/aromatic N) is 1. The Balaban J connectivity index is 3.68. The maximum atomic E-state index is 11.2. The molecule has 0 heterocycles. The van der Waals surface area contributed by atoms with Gasteiger partial charge in [-0.05, 0) is 6.42 Å². The van der Waals surface area contributed by atoms with Crippen LogP contribution in [-0.4, -0.2) is 30.9 Å². The van der Waals surface area contributed by atoms with Gasteiger partial charge in [-0.3, -0.25) is 14.4 Å². The standard InChI is InChI=1S/C10H19NO3/c1-4-5-6-7-8-9(12)10(13)11(2)14-3/h4-8H2,1-3H3. The molecule has 0 atom stereocenters. The average Bonchev–Trinajstić information content (AvgIpc) is 2.21. The van der Waals surface area contributed by atoms with Crippen LogP contribution in [0.1, 0.15) is 39.0 Å². The van der Waals surface area contributed by atoms with E-state index < -0.39 is 5.91 Å². The molecule has 0 unspecified atom stereocenters. The Morgan fingerprint density at radius 3 is 2.36 bits per heavy atom. The second-order valence-corrected chi connectivity index (χ2v) is 3.22. The molecule has 0 spiro atoms. The van der Waals surface area contributed by atoms with Gasteiger partial charge >= 0.3 is 5.91 Å². The lowest BCUT2D eigenvalue weighted by Crippen LogP contribution is -2.32. The minimum atomic E-state index is -0.566. The second kappa shape index (κ2) is 7.50. The summed E-state index contributed by atoms with van der Waals surface area (Å²) in [6.45, 7) is 2.10. The van der Waals surface area contributed by atoms with Gasteiger partial charge in [-0.15, -0.1) is 0 Å². The average molecular weight is 201 g/mol. The Morgan fingerprint density at radius 1 is 1.21 bits per heavy atom. The lowest BCUT2D eigenvalue weighted by molar-refractivity contribution is -0.172. The molecule has 0 N–H and O–H groups in total. The molecule has 0 saturated heterocycles. The van der Waals surface area contributed by atoms with Gasteiger partial charge in [-0.2, -0.15) is 0 Å². The first-order valence-electron chi connectivity index (χ1n) is 4.98. The number of unbranched alkanes of at least 4 members (excludes halogenated alkanes) is 3. The van der Waals surface area contributed by atoms with Gasteiger partial charge in [0.25, 0.3) is 0 Å². The highest BCUT2D eigenvalue weighted by atomic mass is 16.7. The number of carbonyl (C=O) groups is 2. The summed E-state index contributed by atoms with van der Waals surface area (Å²) in [5.41, 5.74) is 0. The first kappa shape index (κ1) is 13.1. The van der Waals surface area contributed by atoms with E-state index >= 15 is 0 Å². The van der Waals surface area contributed by atoms with Crippen molar-refractivity contribution < 1.29 is 14.4 Å². The molecule has 1 amide bonds. The summed E-state index contributed by atoms with van der Waals surface area (Å²) >= 11 is 0. The molecule has 0 saturated carbocycles. The van der Waals surface area contributed by atoms with E-state index in [2.05, 4.69) is 11.8 Å². The summed E-state index contributed by atoms with van der Waals surface area (Å²) in [4.78, 5) is 27.0. The van der Waals surface area contributed by atoms with Gasteiger partial charge in [0.1, 0.15) is 0 Å². The van der Waals surface area contributed by atoms with Crippen molar-refractivity contribution in [1.82, 2.24) is 5.06 Å². The zero-order valence-corrected chi connectivity index (χ0v) is 9.21. The Labute approximate surface area is 85.2 Å². The number of carbonyl (C=O) groups excluding carboxylic acids is 2. The van der Waals surface area contributed by atoms with Gasteiger partial charge < -0.3 is 0 Å². The molecule has 0 aromatic carbocycles. The Bertz CT molecular complexity index is 192. The predicted octanol–water partition coefficient (Wildman–Crippen LogP) is 1.55. The van der Waals surface area contributed by atoms with Crippen LogP contribution in [0.25, 0.3) is 0 Å². The zero-order chi connectivity index (χ0) is 11.0. The topological polar surface area (TPSA) is 46.6 Å². The molecule has 4 heteroatoms. The number of rotatable bonds is 7. The van der Waals surface area contributed by atoms with Crippen molar-refractivity contribution >= 4 is 11.7 Å². The van der Waals surface area contributed by atoms with Gasteiger partial charge in [0.2, 0.25) is 5.78 Å². The molecule has 14 heavy (non-hydrogen) atoms. The third-order valence-electron chi connectivity index (χ3n) is 2.06. The van der Waals surface area contributed by atoms with Crippen LogP contribution in [0.5, 0.6) is 0 Å². The fourth-order valence-electron chi connectivity index (χ4n) is 1.08. The lowest BCUT2D eigenvalue weighted by atomic mass is 10.1. The Kier molecular flexibility index (Phi) is 7.02. The zero-order valence-electron chi connectivity index (χ0n) is 9.21. The summed E-state index contributed by atoms with van der Waals surface area (Å²) in [7, 11) is 2.80. The van der Waals surface area contributed by atoms with Crippen molar-refractivity contribution in [3.05, 3.63) is 0 Å².